The summed E-state index contributed by atoms with van der Waals surface area (Å²) >= 11 is 3.80. The van der Waals surface area contributed by atoms with Crippen LogP contribution in [-0.4, -0.2) is 0 Å². The van der Waals surface area contributed by atoms with Crippen molar-refractivity contribution in [3.63, 3.8) is 0 Å². The fourth-order valence-electron chi connectivity index (χ4n) is 9.06. The molecule has 2 heteroatoms. The van der Waals surface area contributed by atoms with Crippen LogP contribution in [0.4, 0.5) is 0 Å². The Kier molecular flexibility index (Phi) is 5.47. The van der Waals surface area contributed by atoms with Crippen molar-refractivity contribution in [1.82, 2.24) is 0 Å². The van der Waals surface area contributed by atoms with Crippen molar-refractivity contribution in [3.8, 4) is 0 Å². The SMILES string of the molecule is C1=CC2=C(c3ccc4sc5cc6ccccc6cc5c4c3)C=CC3=CC=C4C(c5ccc6sc7cc8ccccc8cc7c6c5)=CC=C1C4C32. The average molecular weight is 669 g/mol. The van der Waals surface area contributed by atoms with Crippen LogP contribution in [0, 0.1) is 11.8 Å². The molecule has 6 aromatic carbocycles. The lowest BCUT2D eigenvalue weighted by Crippen LogP contribution is -2.30. The maximum atomic E-state index is 2.44. The standard InChI is InChI=1S/C48H28S2/c1-3-7-31-25-45-41(21-29(31)5-1)39-23-33(13-19-43(39)49-45)35-15-9-27-12-18-38-36(16-10-28-11-17-37(35)47(27)48(28)38)34-14-20-44-40(24-34)42-22-30-6-2-4-8-32(30)26-46(42)50-44/h1-26,47-48H. The van der Waals surface area contributed by atoms with Crippen molar-refractivity contribution in [2.24, 2.45) is 11.8 Å². The van der Waals surface area contributed by atoms with E-state index in [1.807, 2.05) is 22.7 Å². The predicted molar refractivity (Wildman–Crippen MR) is 218 cm³/mol. The molecular formula is C48H28S2. The van der Waals surface area contributed by atoms with Crippen molar-refractivity contribution < 1.29 is 0 Å². The Balaban J connectivity index is 0.974. The highest BCUT2D eigenvalue weighted by atomic mass is 32.1. The maximum Gasteiger partial charge on any atom is 0.0361 e. The second kappa shape index (κ2) is 10.0. The van der Waals surface area contributed by atoms with Gasteiger partial charge in [-0.1, -0.05) is 109 Å². The lowest BCUT2D eigenvalue weighted by atomic mass is 9.61. The predicted octanol–water partition coefficient (Wildman–Crippen LogP) is 13.7. The summed E-state index contributed by atoms with van der Waals surface area (Å²) in [5.41, 5.74) is 11.0. The Hall–Kier alpha value is -5.54. The Morgan fingerprint density at radius 3 is 1.62 bits per heavy atom. The molecule has 0 nitrogen and oxygen atoms in total. The van der Waals surface area contributed by atoms with E-state index in [0.717, 1.165) is 0 Å². The molecule has 4 aliphatic carbocycles. The Morgan fingerprint density at radius 1 is 0.400 bits per heavy atom. The molecule has 12 rings (SSSR count). The summed E-state index contributed by atoms with van der Waals surface area (Å²) in [6.45, 7) is 0. The first-order valence-corrected chi connectivity index (χ1v) is 19.0. The molecule has 0 N–H and O–H groups in total. The van der Waals surface area contributed by atoms with Gasteiger partial charge in [0.15, 0.2) is 0 Å². The molecule has 50 heavy (non-hydrogen) atoms. The van der Waals surface area contributed by atoms with Gasteiger partial charge in [0, 0.05) is 52.2 Å². The molecule has 0 fully saturated rings. The van der Waals surface area contributed by atoms with E-state index < -0.39 is 0 Å². The average Bonchev–Trinajstić information content (AvgIpc) is 3.71. The Labute approximate surface area is 297 Å². The van der Waals surface area contributed by atoms with Gasteiger partial charge < -0.3 is 0 Å². The molecule has 0 saturated heterocycles. The summed E-state index contributed by atoms with van der Waals surface area (Å²) in [5, 5.41) is 10.6. The molecule has 0 bridgehead atoms. The van der Waals surface area contributed by atoms with Crippen molar-refractivity contribution in [3.05, 3.63) is 191 Å². The van der Waals surface area contributed by atoms with Crippen molar-refractivity contribution in [2.75, 3.05) is 0 Å². The first-order chi connectivity index (χ1) is 24.7. The number of benzene rings is 6. The van der Waals surface area contributed by atoms with Crippen molar-refractivity contribution in [1.29, 1.82) is 0 Å². The number of allylic oxidation sites excluding steroid dienone is 14. The second-order valence-corrected chi connectivity index (χ2v) is 16.2. The smallest absolute Gasteiger partial charge is 0.0361 e. The van der Waals surface area contributed by atoms with E-state index in [4.69, 9.17) is 0 Å². The van der Waals surface area contributed by atoms with E-state index in [2.05, 4.69) is 158 Å². The summed E-state index contributed by atoms with van der Waals surface area (Å²) in [4.78, 5) is 0. The third-order valence-corrected chi connectivity index (χ3v) is 13.7. The normalized spacial score (nSPS) is 19.4. The number of thiophene rings is 2. The lowest BCUT2D eigenvalue weighted by Gasteiger charge is -2.42. The molecule has 2 heterocycles. The monoisotopic (exact) mass is 668 g/mol. The minimum absolute atomic E-state index is 0.311. The van der Waals surface area contributed by atoms with E-state index in [9.17, 15) is 0 Å². The first-order valence-electron chi connectivity index (χ1n) is 17.4. The summed E-state index contributed by atoms with van der Waals surface area (Å²) in [5.74, 6) is 0.622. The van der Waals surface area contributed by atoms with Gasteiger partial charge in [0.2, 0.25) is 0 Å². The van der Waals surface area contributed by atoms with Crippen molar-refractivity contribution in [2.45, 2.75) is 0 Å². The third-order valence-electron chi connectivity index (χ3n) is 11.4. The Morgan fingerprint density at radius 2 is 0.940 bits per heavy atom. The van der Waals surface area contributed by atoms with Crippen molar-refractivity contribution >= 4 is 95.7 Å². The van der Waals surface area contributed by atoms with E-state index in [-0.39, 0.29) is 0 Å². The molecule has 2 aromatic heterocycles. The molecule has 0 amide bonds. The number of hydrogen-bond acceptors (Lipinski definition) is 2. The molecule has 232 valence electrons. The zero-order valence-corrected chi connectivity index (χ0v) is 28.6. The van der Waals surface area contributed by atoms with Gasteiger partial charge in [-0.3, -0.25) is 0 Å². The van der Waals surface area contributed by atoms with Gasteiger partial charge in [-0.05, 0) is 115 Å². The molecular weight excluding hydrogens is 641 g/mol. The first kappa shape index (κ1) is 27.3. The lowest BCUT2D eigenvalue weighted by molar-refractivity contribution is 0.569. The largest absolute Gasteiger partial charge is 0.135 e. The highest BCUT2D eigenvalue weighted by Gasteiger charge is 2.40. The van der Waals surface area contributed by atoms with Crippen LogP contribution in [0.2, 0.25) is 0 Å². The number of rotatable bonds is 2. The van der Waals surface area contributed by atoms with Crippen LogP contribution in [0.15, 0.2) is 180 Å². The molecule has 0 saturated carbocycles. The van der Waals surface area contributed by atoms with E-state index in [1.165, 1.54) is 106 Å². The van der Waals surface area contributed by atoms with Gasteiger partial charge in [0.25, 0.3) is 0 Å². The summed E-state index contributed by atoms with van der Waals surface area (Å²) in [6.07, 6.45) is 19.0. The second-order valence-electron chi connectivity index (χ2n) is 14.0. The minimum atomic E-state index is 0.311. The van der Waals surface area contributed by atoms with Gasteiger partial charge >= 0.3 is 0 Å². The topological polar surface area (TPSA) is 0 Å². The summed E-state index contributed by atoms with van der Waals surface area (Å²) < 4.78 is 5.41. The van der Waals surface area contributed by atoms with Gasteiger partial charge in [-0.15, -0.1) is 22.7 Å². The molecule has 0 aliphatic heterocycles. The van der Waals surface area contributed by atoms with Gasteiger partial charge in [-0.25, -0.2) is 0 Å². The van der Waals surface area contributed by atoms with E-state index in [1.54, 1.807) is 0 Å². The molecule has 2 atom stereocenters. The fraction of sp³-hybridized carbons (Fsp3) is 0.0417. The quantitative estimate of drug-likeness (QED) is 0.172. The van der Waals surface area contributed by atoms with Crippen LogP contribution in [0.3, 0.4) is 0 Å². The molecule has 2 unspecified atom stereocenters. The number of hydrogen-bond donors (Lipinski definition) is 0. The van der Waals surface area contributed by atoms with Crippen LogP contribution >= 0.6 is 22.7 Å². The summed E-state index contributed by atoms with van der Waals surface area (Å²) in [7, 11) is 0. The van der Waals surface area contributed by atoms with Gasteiger partial charge in [0.1, 0.15) is 0 Å². The minimum Gasteiger partial charge on any atom is -0.135 e. The summed E-state index contributed by atoms with van der Waals surface area (Å²) in [6, 6.07) is 41.2. The van der Waals surface area contributed by atoms with Gasteiger partial charge in [-0.2, -0.15) is 0 Å². The van der Waals surface area contributed by atoms with E-state index in [0.29, 0.717) is 11.8 Å². The fourth-order valence-corrected chi connectivity index (χ4v) is 11.3. The zero-order chi connectivity index (χ0) is 32.5. The zero-order valence-electron chi connectivity index (χ0n) is 27.0. The molecule has 0 spiro atoms. The third kappa shape index (κ3) is 3.81. The molecule has 8 aromatic rings. The van der Waals surface area contributed by atoms with E-state index >= 15 is 0 Å². The van der Waals surface area contributed by atoms with Crippen LogP contribution < -0.4 is 0 Å². The van der Waals surface area contributed by atoms with Crippen LogP contribution in [0.25, 0.3) is 73.0 Å². The van der Waals surface area contributed by atoms with Gasteiger partial charge in [0.05, 0.1) is 0 Å². The van der Waals surface area contributed by atoms with Crippen LogP contribution in [0.1, 0.15) is 11.1 Å². The highest BCUT2D eigenvalue weighted by Crippen LogP contribution is 2.54. The molecule has 0 radical (unpaired) electrons. The maximum absolute atomic E-state index is 2.44. The Bertz CT molecular complexity index is 3090. The highest BCUT2D eigenvalue weighted by molar-refractivity contribution is 7.26. The number of fused-ring (bicyclic) bond motifs is 8. The van der Waals surface area contributed by atoms with Crippen LogP contribution in [0.5, 0.6) is 0 Å². The van der Waals surface area contributed by atoms with Crippen LogP contribution in [-0.2, 0) is 0 Å². The molecule has 4 aliphatic rings.